The quantitative estimate of drug-likeness (QED) is 0.441. The first kappa shape index (κ1) is 23.3. The standard InChI is InChI=1S/C25H35N7OS/c1-14(2)19-20(18-11-32-22(26-13-27-32)17(5)16(18)4)28-23-21(19)29-24(34-23)31-9-8-30(10-15(31)3)12-25(6,7)33/h11,13-15,28,33H,8-10,12H2,1-7H3/t15-/m0/s1. The first-order valence-electron chi connectivity index (χ1n) is 12.1. The van der Waals surface area contributed by atoms with E-state index in [9.17, 15) is 5.11 Å². The van der Waals surface area contributed by atoms with Gasteiger partial charge in [0.15, 0.2) is 10.8 Å². The molecule has 1 fully saturated rings. The summed E-state index contributed by atoms with van der Waals surface area (Å²) in [6.07, 6.45) is 3.69. The van der Waals surface area contributed by atoms with Crippen molar-refractivity contribution >= 4 is 32.5 Å². The van der Waals surface area contributed by atoms with Crippen LogP contribution < -0.4 is 4.90 Å². The number of anilines is 1. The fourth-order valence-electron chi connectivity index (χ4n) is 5.23. The summed E-state index contributed by atoms with van der Waals surface area (Å²) in [5, 5.41) is 15.7. The third-order valence-electron chi connectivity index (χ3n) is 6.92. The summed E-state index contributed by atoms with van der Waals surface area (Å²) in [6.45, 7) is 18.2. The smallest absolute Gasteiger partial charge is 0.188 e. The lowest BCUT2D eigenvalue weighted by atomic mass is 9.96. The van der Waals surface area contributed by atoms with Gasteiger partial charge in [0, 0.05) is 49.5 Å². The van der Waals surface area contributed by atoms with Crippen molar-refractivity contribution in [1.29, 1.82) is 0 Å². The first-order valence-corrected chi connectivity index (χ1v) is 12.9. The van der Waals surface area contributed by atoms with Gasteiger partial charge in [-0.1, -0.05) is 25.2 Å². The lowest BCUT2D eigenvalue weighted by Crippen LogP contribution is -2.54. The monoisotopic (exact) mass is 481 g/mol. The van der Waals surface area contributed by atoms with Crippen LogP contribution in [0.4, 0.5) is 5.13 Å². The maximum absolute atomic E-state index is 10.2. The number of aromatic amines is 1. The van der Waals surface area contributed by atoms with Crippen molar-refractivity contribution in [3.05, 3.63) is 29.2 Å². The van der Waals surface area contributed by atoms with Crippen molar-refractivity contribution in [2.75, 3.05) is 31.1 Å². The summed E-state index contributed by atoms with van der Waals surface area (Å²) in [5.41, 5.74) is 7.21. The average molecular weight is 482 g/mol. The number of β-amino-alcohol motifs (C(OH)–C–C–N with tert-alkyl or cyclic N) is 1. The zero-order valence-corrected chi connectivity index (χ0v) is 22.0. The van der Waals surface area contributed by atoms with E-state index in [1.54, 1.807) is 17.7 Å². The predicted octanol–water partition coefficient (Wildman–Crippen LogP) is 4.36. The van der Waals surface area contributed by atoms with Crippen molar-refractivity contribution < 1.29 is 5.11 Å². The summed E-state index contributed by atoms with van der Waals surface area (Å²) >= 11 is 1.74. The first-order chi connectivity index (χ1) is 16.0. The minimum atomic E-state index is -0.673. The van der Waals surface area contributed by atoms with E-state index in [4.69, 9.17) is 4.98 Å². The average Bonchev–Trinajstić information content (AvgIpc) is 3.43. The zero-order valence-electron chi connectivity index (χ0n) is 21.2. The second-order valence-electron chi connectivity index (χ2n) is 10.7. The number of hydrogen-bond donors (Lipinski definition) is 2. The van der Waals surface area contributed by atoms with Gasteiger partial charge < -0.3 is 15.0 Å². The molecular formula is C25H35N7OS. The highest BCUT2D eigenvalue weighted by Crippen LogP contribution is 2.41. The minimum Gasteiger partial charge on any atom is -0.389 e. The molecule has 0 aromatic carbocycles. The van der Waals surface area contributed by atoms with Crippen molar-refractivity contribution in [1.82, 2.24) is 29.5 Å². The number of fused-ring (bicyclic) bond motifs is 2. The molecule has 0 unspecified atom stereocenters. The number of pyridine rings is 1. The van der Waals surface area contributed by atoms with Crippen molar-refractivity contribution in [3.63, 3.8) is 0 Å². The highest BCUT2D eigenvalue weighted by Gasteiger charge is 2.30. The molecular weight excluding hydrogens is 446 g/mol. The molecule has 34 heavy (non-hydrogen) atoms. The van der Waals surface area contributed by atoms with Crippen LogP contribution in [0.5, 0.6) is 0 Å². The number of rotatable bonds is 5. The van der Waals surface area contributed by atoms with Gasteiger partial charge in [-0.25, -0.2) is 14.5 Å². The number of aryl methyl sites for hydroxylation is 1. The third-order valence-corrected chi connectivity index (χ3v) is 7.93. The van der Waals surface area contributed by atoms with Gasteiger partial charge in [0.1, 0.15) is 16.7 Å². The van der Waals surface area contributed by atoms with E-state index in [1.807, 2.05) is 18.4 Å². The number of thiazole rings is 1. The van der Waals surface area contributed by atoms with Gasteiger partial charge >= 0.3 is 0 Å². The maximum atomic E-state index is 10.2. The van der Waals surface area contributed by atoms with Gasteiger partial charge in [0.05, 0.1) is 11.3 Å². The molecule has 182 valence electrons. The maximum Gasteiger partial charge on any atom is 0.188 e. The van der Waals surface area contributed by atoms with Crippen LogP contribution in [0.2, 0.25) is 0 Å². The van der Waals surface area contributed by atoms with Crippen molar-refractivity contribution in [2.24, 2.45) is 0 Å². The molecule has 1 atom stereocenters. The Morgan fingerprint density at radius 1 is 1.24 bits per heavy atom. The lowest BCUT2D eigenvalue weighted by Gasteiger charge is -2.41. The van der Waals surface area contributed by atoms with Crippen molar-refractivity contribution in [2.45, 2.75) is 66.0 Å². The fourth-order valence-corrected chi connectivity index (χ4v) is 6.35. The van der Waals surface area contributed by atoms with E-state index >= 15 is 0 Å². The predicted molar refractivity (Wildman–Crippen MR) is 139 cm³/mol. The van der Waals surface area contributed by atoms with E-state index in [1.165, 1.54) is 11.1 Å². The Kier molecular flexibility index (Phi) is 5.69. The van der Waals surface area contributed by atoms with Crippen LogP contribution in [0.1, 0.15) is 57.2 Å². The zero-order chi connectivity index (χ0) is 24.4. The SMILES string of the molecule is Cc1c(-c2[nH]c3sc(N4CCN(CC(C)(C)O)C[C@@H]4C)nc3c2C(C)C)cn2ncnc2c1C. The molecule has 0 bridgehead atoms. The highest BCUT2D eigenvalue weighted by atomic mass is 32.1. The molecule has 0 radical (unpaired) electrons. The van der Waals surface area contributed by atoms with Gasteiger partial charge in [-0.3, -0.25) is 4.90 Å². The number of piperazine rings is 1. The Hall–Kier alpha value is -2.49. The lowest BCUT2D eigenvalue weighted by molar-refractivity contribution is 0.0308. The van der Waals surface area contributed by atoms with E-state index in [-0.39, 0.29) is 0 Å². The number of aromatic nitrogens is 5. The third kappa shape index (κ3) is 3.99. The van der Waals surface area contributed by atoms with E-state index in [2.05, 4.69) is 65.7 Å². The van der Waals surface area contributed by atoms with Gasteiger partial charge in [-0.2, -0.15) is 5.10 Å². The van der Waals surface area contributed by atoms with Crippen molar-refractivity contribution in [3.8, 4) is 11.3 Å². The number of nitrogens with one attached hydrogen (secondary N) is 1. The Labute approximate surface area is 204 Å². The normalized spacial score (nSPS) is 18.1. The van der Waals surface area contributed by atoms with Crippen LogP contribution in [0.25, 0.3) is 27.3 Å². The largest absolute Gasteiger partial charge is 0.389 e. The second-order valence-corrected chi connectivity index (χ2v) is 11.6. The van der Waals surface area contributed by atoms with Gasteiger partial charge in [-0.05, 0) is 51.7 Å². The number of aliphatic hydroxyl groups is 1. The molecule has 0 amide bonds. The summed E-state index contributed by atoms with van der Waals surface area (Å²) in [4.78, 5) is 19.2. The van der Waals surface area contributed by atoms with Crippen LogP contribution in [-0.4, -0.2) is 72.4 Å². The summed E-state index contributed by atoms with van der Waals surface area (Å²) < 4.78 is 1.87. The van der Waals surface area contributed by atoms with E-state index in [0.29, 0.717) is 18.5 Å². The molecule has 0 aliphatic carbocycles. The number of hydrogen-bond acceptors (Lipinski definition) is 7. The summed E-state index contributed by atoms with van der Waals surface area (Å²) in [7, 11) is 0. The van der Waals surface area contributed by atoms with Crippen LogP contribution >= 0.6 is 11.3 Å². The van der Waals surface area contributed by atoms with Crippen LogP contribution in [0.3, 0.4) is 0 Å². The topological polar surface area (TPSA) is 85.6 Å². The Morgan fingerprint density at radius 2 is 2.00 bits per heavy atom. The molecule has 4 aromatic heterocycles. The molecule has 4 aromatic rings. The van der Waals surface area contributed by atoms with Crippen LogP contribution in [-0.2, 0) is 0 Å². The number of nitrogens with zero attached hydrogens (tertiary/aromatic N) is 6. The Bertz CT molecular complexity index is 1340. The molecule has 5 heterocycles. The molecule has 0 spiro atoms. The second kappa shape index (κ2) is 8.32. The molecule has 9 heteroatoms. The molecule has 8 nitrogen and oxygen atoms in total. The van der Waals surface area contributed by atoms with Gasteiger partial charge in [-0.15, -0.1) is 0 Å². The van der Waals surface area contributed by atoms with Crippen LogP contribution in [0, 0.1) is 13.8 Å². The van der Waals surface area contributed by atoms with E-state index < -0.39 is 5.60 Å². The minimum absolute atomic E-state index is 0.325. The molecule has 1 aliphatic heterocycles. The molecule has 5 rings (SSSR count). The van der Waals surface area contributed by atoms with E-state index in [0.717, 1.165) is 57.6 Å². The van der Waals surface area contributed by atoms with Gasteiger partial charge in [0.25, 0.3) is 0 Å². The highest BCUT2D eigenvalue weighted by molar-refractivity contribution is 7.21. The van der Waals surface area contributed by atoms with Crippen LogP contribution in [0.15, 0.2) is 12.5 Å². The number of H-pyrrole nitrogens is 1. The molecule has 1 saturated heterocycles. The Balaban J connectivity index is 1.51. The van der Waals surface area contributed by atoms with Gasteiger partial charge in [0.2, 0.25) is 0 Å². The molecule has 2 N–H and O–H groups in total. The summed E-state index contributed by atoms with van der Waals surface area (Å²) in [6, 6.07) is 0.341. The molecule has 1 aliphatic rings. The molecule has 0 saturated carbocycles. The fraction of sp³-hybridized carbons (Fsp3) is 0.560. The Morgan fingerprint density at radius 3 is 2.68 bits per heavy atom. The summed E-state index contributed by atoms with van der Waals surface area (Å²) in [5.74, 6) is 0.325.